The van der Waals surface area contributed by atoms with E-state index in [2.05, 4.69) is 0 Å². The number of nitrogens with zero attached hydrogens (tertiary/aromatic N) is 1. The van der Waals surface area contributed by atoms with Crippen molar-refractivity contribution in [3.05, 3.63) is 59.7 Å². The lowest BCUT2D eigenvalue weighted by Gasteiger charge is -2.22. The van der Waals surface area contributed by atoms with Crippen LogP contribution in [0.5, 0.6) is 0 Å². The highest BCUT2D eigenvalue weighted by Gasteiger charge is 2.16. The van der Waals surface area contributed by atoms with E-state index >= 15 is 0 Å². The summed E-state index contributed by atoms with van der Waals surface area (Å²) in [4.78, 5) is 14.2. The first kappa shape index (κ1) is 14.1. The number of rotatable bonds is 4. The molecule has 20 heavy (non-hydrogen) atoms. The first-order chi connectivity index (χ1) is 9.61. The van der Waals surface area contributed by atoms with Gasteiger partial charge in [-0.2, -0.15) is 0 Å². The summed E-state index contributed by atoms with van der Waals surface area (Å²) in [7, 11) is 0. The van der Waals surface area contributed by atoms with Crippen molar-refractivity contribution in [1.82, 2.24) is 0 Å². The SMILES string of the molecule is CCN(C(=O)Cc1cccc(C)c1)c1ccccc1N. The van der Waals surface area contributed by atoms with Crippen molar-refractivity contribution >= 4 is 17.3 Å². The summed E-state index contributed by atoms with van der Waals surface area (Å²) in [6, 6.07) is 15.5. The van der Waals surface area contributed by atoms with Gasteiger partial charge in [0.25, 0.3) is 0 Å². The van der Waals surface area contributed by atoms with E-state index in [0.717, 1.165) is 16.8 Å². The number of anilines is 2. The first-order valence-corrected chi connectivity index (χ1v) is 6.82. The Labute approximate surface area is 120 Å². The molecule has 2 N–H and O–H groups in total. The Morgan fingerprint density at radius 2 is 1.90 bits per heavy atom. The zero-order chi connectivity index (χ0) is 14.5. The second-order valence-electron chi connectivity index (χ2n) is 4.86. The van der Waals surface area contributed by atoms with Crippen LogP contribution in [-0.2, 0) is 11.2 Å². The van der Waals surface area contributed by atoms with Crippen LogP contribution in [0, 0.1) is 6.92 Å². The maximum atomic E-state index is 12.5. The minimum absolute atomic E-state index is 0.0657. The van der Waals surface area contributed by atoms with Gasteiger partial charge in [0.2, 0.25) is 5.91 Å². The molecular formula is C17H20N2O. The highest BCUT2D eigenvalue weighted by molar-refractivity contribution is 5.97. The van der Waals surface area contributed by atoms with Crippen LogP contribution in [0.2, 0.25) is 0 Å². The number of hydrogen-bond donors (Lipinski definition) is 1. The molecule has 104 valence electrons. The van der Waals surface area contributed by atoms with Gasteiger partial charge in [-0.1, -0.05) is 42.0 Å². The summed E-state index contributed by atoms with van der Waals surface area (Å²) in [6.45, 7) is 4.60. The maximum absolute atomic E-state index is 12.5. The van der Waals surface area contributed by atoms with E-state index < -0.39 is 0 Å². The number of nitrogen functional groups attached to an aromatic ring is 1. The van der Waals surface area contributed by atoms with Gasteiger partial charge in [0.1, 0.15) is 0 Å². The van der Waals surface area contributed by atoms with Gasteiger partial charge in [0.05, 0.1) is 17.8 Å². The normalized spacial score (nSPS) is 10.3. The molecule has 0 unspecified atom stereocenters. The molecule has 0 radical (unpaired) electrons. The van der Waals surface area contributed by atoms with Crippen molar-refractivity contribution in [2.24, 2.45) is 0 Å². The van der Waals surface area contributed by atoms with Crippen molar-refractivity contribution in [3.8, 4) is 0 Å². The van der Waals surface area contributed by atoms with Crippen LogP contribution in [0.3, 0.4) is 0 Å². The predicted molar refractivity (Wildman–Crippen MR) is 83.8 cm³/mol. The van der Waals surface area contributed by atoms with Crippen LogP contribution in [-0.4, -0.2) is 12.5 Å². The molecule has 2 aromatic rings. The van der Waals surface area contributed by atoms with E-state index in [4.69, 9.17) is 5.73 Å². The van der Waals surface area contributed by atoms with E-state index in [0.29, 0.717) is 18.7 Å². The quantitative estimate of drug-likeness (QED) is 0.866. The highest BCUT2D eigenvalue weighted by atomic mass is 16.2. The van der Waals surface area contributed by atoms with Gasteiger partial charge >= 0.3 is 0 Å². The average Bonchev–Trinajstić information content (AvgIpc) is 2.41. The summed E-state index contributed by atoms with van der Waals surface area (Å²) in [5.74, 6) is 0.0657. The number of carbonyl (C=O) groups is 1. The number of nitrogens with two attached hydrogens (primary N) is 1. The molecule has 0 atom stereocenters. The predicted octanol–water partition coefficient (Wildman–Crippen LogP) is 3.17. The Bertz CT molecular complexity index is 607. The minimum Gasteiger partial charge on any atom is -0.397 e. The van der Waals surface area contributed by atoms with Crippen molar-refractivity contribution in [2.45, 2.75) is 20.3 Å². The number of likely N-dealkylation sites (N-methyl/N-ethyl adjacent to an activating group) is 1. The molecule has 0 saturated carbocycles. The molecule has 0 saturated heterocycles. The summed E-state index contributed by atoms with van der Waals surface area (Å²) in [6.07, 6.45) is 0.393. The zero-order valence-electron chi connectivity index (χ0n) is 12.0. The molecule has 2 aromatic carbocycles. The lowest BCUT2D eigenvalue weighted by atomic mass is 10.1. The van der Waals surface area contributed by atoms with Gasteiger partial charge in [-0.05, 0) is 31.5 Å². The molecule has 3 heteroatoms. The number of amides is 1. The second-order valence-corrected chi connectivity index (χ2v) is 4.86. The number of benzene rings is 2. The van der Waals surface area contributed by atoms with Gasteiger partial charge in [0, 0.05) is 6.54 Å². The standard InChI is InChI=1S/C17H20N2O/c1-3-19(16-10-5-4-9-15(16)18)17(20)12-14-8-6-7-13(2)11-14/h4-11H,3,12,18H2,1-2H3. The molecule has 0 spiro atoms. The molecule has 0 fully saturated rings. The zero-order valence-corrected chi connectivity index (χ0v) is 12.0. The fraction of sp³-hybridized carbons (Fsp3) is 0.235. The average molecular weight is 268 g/mol. The van der Waals surface area contributed by atoms with Gasteiger partial charge in [-0.15, -0.1) is 0 Å². The number of hydrogen-bond acceptors (Lipinski definition) is 2. The Kier molecular flexibility index (Phi) is 4.41. The fourth-order valence-corrected chi connectivity index (χ4v) is 2.31. The topological polar surface area (TPSA) is 46.3 Å². The summed E-state index contributed by atoms with van der Waals surface area (Å²) >= 11 is 0. The molecule has 1 amide bonds. The Hall–Kier alpha value is -2.29. The van der Waals surface area contributed by atoms with Crippen LogP contribution >= 0.6 is 0 Å². The minimum atomic E-state index is 0.0657. The van der Waals surface area contributed by atoms with E-state index in [1.165, 1.54) is 0 Å². The molecule has 0 aromatic heterocycles. The number of carbonyl (C=O) groups excluding carboxylic acids is 1. The smallest absolute Gasteiger partial charge is 0.231 e. The molecular weight excluding hydrogens is 248 g/mol. The largest absolute Gasteiger partial charge is 0.397 e. The van der Waals surface area contributed by atoms with Crippen molar-refractivity contribution in [2.75, 3.05) is 17.2 Å². The van der Waals surface area contributed by atoms with Crippen LogP contribution in [0.1, 0.15) is 18.1 Å². The van der Waals surface area contributed by atoms with Gasteiger partial charge in [0.15, 0.2) is 0 Å². The van der Waals surface area contributed by atoms with Crippen LogP contribution in [0.15, 0.2) is 48.5 Å². The van der Waals surface area contributed by atoms with E-state index in [9.17, 15) is 4.79 Å². The Morgan fingerprint density at radius 1 is 1.15 bits per heavy atom. The Morgan fingerprint density at radius 3 is 2.55 bits per heavy atom. The monoisotopic (exact) mass is 268 g/mol. The fourth-order valence-electron chi connectivity index (χ4n) is 2.31. The molecule has 3 nitrogen and oxygen atoms in total. The third-order valence-electron chi connectivity index (χ3n) is 3.28. The van der Waals surface area contributed by atoms with Gasteiger partial charge in [-0.3, -0.25) is 4.79 Å². The molecule has 0 heterocycles. The van der Waals surface area contributed by atoms with Crippen molar-refractivity contribution < 1.29 is 4.79 Å². The Balaban J connectivity index is 2.20. The third kappa shape index (κ3) is 3.18. The van der Waals surface area contributed by atoms with Crippen LogP contribution < -0.4 is 10.6 Å². The molecule has 0 bridgehead atoms. The van der Waals surface area contributed by atoms with E-state index in [1.807, 2.05) is 62.4 Å². The highest BCUT2D eigenvalue weighted by Crippen LogP contribution is 2.23. The summed E-state index contributed by atoms with van der Waals surface area (Å²) in [5.41, 5.74) is 9.57. The van der Waals surface area contributed by atoms with Crippen LogP contribution in [0.4, 0.5) is 11.4 Å². The lowest BCUT2D eigenvalue weighted by Crippen LogP contribution is -2.32. The van der Waals surface area contributed by atoms with Gasteiger partial charge < -0.3 is 10.6 Å². The number of para-hydroxylation sites is 2. The molecule has 0 aliphatic carbocycles. The third-order valence-corrected chi connectivity index (χ3v) is 3.28. The second kappa shape index (κ2) is 6.24. The van der Waals surface area contributed by atoms with Gasteiger partial charge in [-0.25, -0.2) is 0 Å². The summed E-state index contributed by atoms with van der Waals surface area (Å²) < 4.78 is 0. The lowest BCUT2D eigenvalue weighted by molar-refractivity contribution is -0.117. The molecule has 0 aliphatic heterocycles. The van der Waals surface area contributed by atoms with Crippen molar-refractivity contribution in [1.29, 1.82) is 0 Å². The van der Waals surface area contributed by atoms with Crippen LogP contribution in [0.25, 0.3) is 0 Å². The number of aryl methyl sites for hydroxylation is 1. The molecule has 0 aliphatic rings. The van der Waals surface area contributed by atoms with Crippen molar-refractivity contribution in [3.63, 3.8) is 0 Å². The molecule has 2 rings (SSSR count). The summed E-state index contributed by atoms with van der Waals surface area (Å²) in [5, 5.41) is 0. The van der Waals surface area contributed by atoms with E-state index in [-0.39, 0.29) is 5.91 Å². The van der Waals surface area contributed by atoms with E-state index in [1.54, 1.807) is 4.90 Å². The first-order valence-electron chi connectivity index (χ1n) is 6.82. The maximum Gasteiger partial charge on any atom is 0.231 e.